The maximum Gasteiger partial charge on any atom is 0.252 e. The molecule has 0 spiro atoms. The zero-order valence-electron chi connectivity index (χ0n) is 17.4. The number of benzene rings is 1. The number of aromatic nitrogens is 3. The highest BCUT2D eigenvalue weighted by Crippen LogP contribution is 2.40. The number of rotatable bonds is 5. The van der Waals surface area contributed by atoms with Gasteiger partial charge in [0.1, 0.15) is 5.82 Å². The largest absolute Gasteiger partial charge is 0.352 e. The van der Waals surface area contributed by atoms with Gasteiger partial charge in [0.15, 0.2) is 5.65 Å². The topological polar surface area (TPSA) is 59.8 Å². The van der Waals surface area contributed by atoms with E-state index in [1.54, 1.807) is 6.07 Å². The molecule has 1 aliphatic carbocycles. The third-order valence-corrected chi connectivity index (χ3v) is 5.30. The van der Waals surface area contributed by atoms with E-state index in [-0.39, 0.29) is 17.3 Å². The van der Waals surface area contributed by atoms with Crippen molar-refractivity contribution in [1.29, 1.82) is 0 Å². The minimum atomic E-state index is -0.260. The second kappa shape index (κ2) is 7.25. The minimum absolute atomic E-state index is 0.132. The Bertz CT molecular complexity index is 1080. The van der Waals surface area contributed by atoms with Gasteiger partial charge in [0.2, 0.25) is 0 Å². The normalized spacial score (nSPS) is 14.4. The molecule has 1 N–H and O–H groups in total. The van der Waals surface area contributed by atoms with Crippen LogP contribution in [0.3, 0.4) is 0 Å². The lowest BCUT2D eigenvalue weighted by molar-refractivity contribution is 0.0955. The fourth-order valence-electron chi connectivity index (χ4n) is 3.65. The summed E-state index contributed by atoms with van der Waals surface area (Å²) in [6.45, 7) is 8.62. The number of amides is 1. The number of nitrogens with one attached hydrogen (secondary N) is 1. The molecular formula is C23H27FN4O. The number of hydrogen-bond acceptors (Lipinski definition) is 3. The Balaban J connectivity index is 1.65. The van der Waals surface area contributed by atoms with Gasteiger partial charge in [0, 0.05) is 18.2 Å². The Morgan fingerprint density at radius 2 is 2.03 bits per heavy atom. The molecule has 2 heterocycles. The predicted octanol–water partition coefficient (Wildman–Crippen LogP) is 4.48. The van der Waals surface area contributed by atoms with Crippen molar-refractivity contribution in [2.24, 2.45) is 0 Å². The maximum atomic E-state index is 13.4. The van der Waals surface area contributed by atoms with Gasteiger partial charge in [-0.1, -0.05) is 12.1 Å². The lowest BCUT2D eigenvalue weighted by Gasteiger charge is -2.20. The van der Waals surface area contributed by atoms with Crippen molar-refractivity contribution in [3.63, 3.8) is 0 Å². The van der Waals surface area contributed by atoms with Gasteiger partial charge in [-0.2, -0.15) is 5.10 Å². The molecule has 4 rings (SSSR count). The van der Waals surface area contributed by atoms with Crippen molar-refractivity contribution in [3.8, 4) is 0 Å². The van der Waals surface area contributed by atoms with Crippen LogP contribution in [0, 0.1) is 12.7 Å². The van der Waals surface area contributed by atoms with Crippen LogP contribution in [0.1, 0.15) is 66.8 Å². The first-order valence-corrected chi connectivity index (χ1v) is 10.2. The van der Waals surface area contributed by atoms with Crippen molar-refractivity contribution in [2.75, 3.05) is 6.54 Å². The van der Waals surface area contributed by atoms with Gasteiger partial charge in [0.05, 0.1) is 22.2 Å². The van der Waals surface area contributed by atoms with E-state index in [1.807, 2.05) is 23.7 Å². The van der Waals surface area contributed by atoms with Crippen molar-refractivity contribution in [2.45, 2.75) is 58.4 Å². The van der Waals surface area contributed by atoms with Crippen LogP contribution in [0.5, 0.6) is 0 Å². The zero-order chi connectivity index (χ0) is 20.8. The van der Waals surface area contributed by atoms with E-state index in [0.29, 0.717) is 24.4 Å². The van der Waals surface area contributed by atoms with Crippen molar-refractivity contribution >= 4 is 16.9 Å². The molecule has 1 aromatic carbocycles. The van der Waals surface area contributed by atoms with Gasteiger partial charge in [-0.3, -0.25) is 4.79 Å². The molecule has 1 aliphatic rings. The van der Waals surface area contributed by atoms with Crippen LogP contribution in [-0.4, -0.2) is 27.2 Å². The van der Waals surface area contributed by atoms with Crippen LogP contribution in [0.4, 0.5) is 4.39 Å². The molecule has 5 nitrogen and oxygen atoms in total. The Labute approximate surface area is 170 Å². The molecule has 0 radical (unpaired) electrons. The highest BCUT2D eigenvalue weighted by molar-refractivity contribution is 6.06. The summed E-state index contributed by atoms with van der Waals surface area (Å²) in [5, 5.41) is 8.50. The molecular weight excluding hydrogens is 367 g/mol. The van der Waals surface area contributed by atoms with Gasteiger partial charge in [0.25, 0.3) is 5.91 Å². The molecule has 0 atom stereocenters. The minimum Gasteiger partial charge on any atom is -0.352 e. The molecule has 0 bridgehead atoms. The number of aryl methyl sites for hydroxylation is 1. The Morgan fingerprint density at radius 1 is 1.28 bits per heavy atom. The number of fused-ring (bicyclic) bond motifs is 1. The lowest BCUT2D eigenvalue weighted by Crippen LogP contribution is -2.27. The maximum absolute atomic E-state index is 13.4. The van der Waals surface area contributed by atoms with Crippen molar-refractivity contribution in [1.82, 2.24) is 20.1 Å². The van der Waals surface area contributed by atoms with E-state index in [9.17, 15) is 9.18 Å². The summed E-state index contributed by atoms with van der Waals surface area (Å²) in [6.07, 6.45) is 2.80. The summed E-state index contributed by atoms with van der Waals surface area (Å²) < 4.78 is 15.3. The van der Waals surface area contributed by atoms with Gasteiger partial charge in [-0.05, 0) is 70.7 Å². The summed E-state index contributed by atoms with van der Waals surface area (Å²) in [6, 6.07) is 8.40. The van der Waals surface area contributed by atoms with Crippen molar-refractivity contribution < 1.29 is 9.18 Å². The van der Waals surface area contributed by atoms with E-state index in [4.69, 9.17) is 10.1 Å². The van der Waals surface area contributed by atoms with Crippen LogP contribution in [-0.2, 0) is 12.0 Å². The number of pyridine rings is 1. The van der Waals surface area contributed by atoms with Crippen LogP contribution < -0.4 is 5.32 Å². The molecule has 6 heteroatoms. The molecule has 1 saturated carbocycles. The Kier molecular flexibility index (Phi) is 4.89. The molecule has 1 amide bonds. The number of nitrogens with zero attached hydrogens (tertiary/aromatic N) is 3. The second-order valence-electron chi connectivity index (χ2n) is 8.87. The molecule has 2 aromatic heterocycles. The summed E-state index contributed by atoms with van der Waals surface area (Å²) in [4.78, 5) is 18.0. The Morgan fingerprint density at radius 3 is 2.69 bits per heavy atom. The lowest BCUT2D eigenvalue weighted by atomic mass is 10.1. The molecule has 29 heavy (non-hydrogen) atoms. The monoisotopic (exact) mass is 394 g/mol. The smallest absolute Gasteiger partial charge is 0.252 e. The average Bonchev–Trinajstić information content (AvgIpc) is 3.44. The third-order valence-electron chi connectivity index (χ3n) is 5.30. The molecule has 0 saturated heterocycles. The van der Waals surface area contributed by atoms with Crippen LogP contribution >= 0.6 is 0 Å². The first-order valence-electron chi connectivity index (χ1n) is 10.2. The molecule has 0 aliphatic heterocycles. The summed E-state index contributed by atoms with van der Waals surface area (Å²) in [5.74, 6) is 0.0399. The third kappa shape index (κ3) is 4.02. The van der Waals surface area contributed by atoms with Gasteiger partial charge >= 0.3 is 0 Å². The van der Waals surface area contributed by atoms with Crippen LogP contribution in [0.15, 0.2) is 30.3 Å². The number of halogens is 1. The van der Waals surface area contributed by atoms with E-state index in [2.05, 4.69) is 26.1 Å². The van der Waals surface area contributed by atoms with Gasteiger partial charge in [-0.15, -0.1) is 0 Å². The van der Waals surface area contributed by atoms with Crippen LogP contribution in [0.2, 0.25) is 0 Å². The highest BCUT2D eigenvalue weighted by Gasteiger charge is 2.30. The fourth-order valence-corrected chi connectivity index (χ4v) is 3.65. The number of carbonyl (C=O) groups is 1. The molecule has 0 unspecified atom stereocenters. The standard InChI is InChI=1S/C23H27FN4O/c1-14-20-18(22(29)25-11-10-15-6-5-7-17(24)12-15)13-19(16-8-9-16)26-21(20)28(27-14)23(2,3)4/h5-7,12-13,16H,8-11H2,1-4H3,(H,25,29). The van der Waals surface area contributed by atoms with Crippen molar-refractivity contribution in [3.05, 3.63) is 58.7 Å². The predicted molar refractivity (Wildman–Crippen MR) is 112 cm³/mol. The highest BCUT2D eigenvalue weighted by atomic mass is 19.1. The van der Waals surface area contributed by atoms with E-state index >= 15 is 0 Å². The van der Waals surface area contributed by atoms with E-state index < -0.39 is 0 Å². The fraction of sp³-hybridized carbons (Fsp3) is 0.435. The number of hydrogen-bond donors (Lipinski definition) is 1. The SMILES string of the molecule is Cc1nn(C(C)(C)C)c2nc(C3CC3)cc(C(=O)NCCc3cccc(F)c3)c12. The molecule has 3 aromatic rings. The Hall–Kier alpha value is -2.76. The van der Waals surface area contributed by atoms with Crippen LogP contribution in [0.25, 0.3) is 11.0 Å². The first-order chi connectivity index (χ1) is 13.7. The quantitative estimate of drug-likeness (QED) is 0.694. The van der Waals surface area contributed by atoms with Gasteiger partial charge < -0.3 is 5.32 Å². The first kappa shape index (κ1) is 19.6. The summed E-state index contributed by atoms with van der Waals surface area (Å²) in [7, 11) is 0. The average molecular weight is 394 g/mol. The van der Waals surface area contributed by atoms with E-state index in [0.717, 1.165) is 40.8 Å². The molecule has 152 valence electrons. The molecule has 1 fully saturated rings. The van der Waals surface area contributed by atoms with E-state index in [1.165, 1.54) is 12.1 Å². The van der Waals surface area contributed by atoms with Gasteiger partial charge in [-0.25, -0.2) is 14.1 Å². The number of carbonyl (C=O) groups excluding carboxylic acids is 1. The summed E-state index contributed by atoms with van der Waals surface area (Å²) >= 11 is 0. The summed E-state index contributed by atoms with van der Waals surface area (Å²) in [5.41, 5.74) is 3.81. The zero-order valence-corrected chi connectivity index (χ0v) is 17.4. The second-order valence-corrected chi connectivity index (χ2v) is 8.87.